The fraction of sp³-hybridized carbons (Fsp3) is 0.353. The second-order valence-corrected chi connectivity index (χ2v) is 6.26. The molecule has 0 unspecified atom stereocenters. The van der Waals surface area contributed by atoms with E-state index in [0.717, 1.165) is 17.5 Å². The van der Waals surface area contributed by atoms with E-state index >= 15 is 0 Å². The van der Waals surface area contributed by atoms with E-state index in [-0.39, 0.29) is 11.7 Å². The maximum atomic E-state index is 12.2. The van der Waals surface area contributed by atoms with Crippen LogP contribution in [0.15, 0.2) is 29.5 Å². The Morgan fingerprint density at radius 2 is 2.18 bits per heavy atom. The van der Waals surface area contributed by atoms with Gasteiger partial charge in [0.2, 0.25) is 5.91 Å². The Labute approximate surface area is 134 Å². The number of hydrogen-bond acceptors (Lipinski definition) is 3. The fourth-order valence-corrected chi connectivity index (χ4v) is 3.04. The topological polar surface area (TPSA) is 49.8 Å². The zero-order valence-electron chi connectivity index (χ0n) is 12.6. The number of aliphatic hydroxyl groups excluding tert-OH is 1. The monoisotopic (exact) mass is 319 g/mol. The van der Waals surface area contributed by atoms with E-state index in [0.29, 0.717) is 24.4 Å². The fourth-order valence-electron chi connectivity index (χ4n) is 2.89. The first-order valence-electron chi connectivity index (χ1n) is 7.28. The number of amides is 1. The van der Waals surface area contributed by atoms with Gasteiger partial charge in [0.25, 0.3) is 0 Å². The number of benzene rings is 1. The molecular formula is C17H18ClNO3. The van der Waals surface area contributed by atoms with Gasteiger partial charge in [0.15, 0.2) is 11.4 Å². The number of likely N-dealkylation sites (tertiary alicyclic amines) is 1. The molecule has 0 atom stereocenters. The third-order valence-corrected chi connectivity index (χ3v) is 4.14. The van der Waals surface area contributed by atoms with Crippen molar-refractivity contribution in [1.82, 2.24) is 4.90 Å². The number of ether oxygens (including phenoxy) is 1. The van der Waals surface area contributed by atoms with Gasteiger partial charge in [-0.2, -0.15) is 0 Å². The van der Waals surface area contributed by atoms with Gasteiger partial charge in [-0.05, 0) is 44.0 Å². The summed E-state index contributed by atoms with van der Waals surface area (Å²) in [6.45, 7) is 4.19. The van der Waals surface area contributed by atoms with Crippen molar-refractivity contribution in [2.45, 2.75) is 32.3 Å². The van der Waals surface area contributed by atoms with E-state index in [4.69, 9.17) is 16.3 Å². The van der Waals surface area contributed by atoms with Crippen LogP contribution in [0.4, 0.5) is 0 Å². The zero-order valence-corrected chi connectivity index (χ0v) is 13.4. The standard InChI is InChI=1S/C17H18ClNO3/c1-17(2)16(21)15(19-9-3-4-14(19)20)12-10-11(7-8-18)5-6-13(12)22-17/h5-8,10,21H,3-4,9H2,1-2H3. The Hall–Kier alpha value is -1.94. The van der Waals surface area contributed by atoms with Gasteiger partial charge >= 0.3 is 0 Å². The molecule has 4 nitrogen and oxygen atoms in total. The lowest BCUT2D eigenvalue weighted by Gasteiger charge is -2.36. The predicted octanol–water partition coefficient (Wildman–Crippen LogP) is 3.92. The van der Waals surface area contributed by atoms with Crippen LogP contribution in [0.3, 0.4) is 0 Å². The normalized spacial score (nSPS) is 20.5. The van der Waals surface area contributed by atoms with Crippen LogP contribution in [0.25, 0.3) is 11.8 Å². The molecule has 2 aliphatic heterocycles. The van der Waals surface area contributed by atoms with Crippen LogP contribution in [0.1, 0.15) is 37.8 Å². The van der Waals surface area contributed by atoms with Crippen LogP contribution in [-0.4, -0.2) is 28.1 Å². The summed E-state index contributed by atoms with van der Waals surface area (Å²) in [5.74, 6) is 0.773. The first kappa shape index (κ1) is 15.0. The Kier molecular flexibility index (Phi) is 3.65. The molecule has 3 rings (SSSR count). The molecule has 1 fully saturated rings. The Morgan fingerprint density at radius 1 is 1.41 bits per heavy atom. The molecule has 22 heavy (non-hydrogen) atoms. The lowest BCUT2D eigenvalue weighted by molar-refractivity contribution is -0.125. The van der Waals surface area contributed by atoms with E-state index in [1.807, 2.05) is 18.2 Å². The Bertz CT molecular complexity index is 691. The van der Waals surface area contributed by atoms with Gasteiger partial charge in [0.1, 0.15) is 5.75 Å². The average Bonchev–Trinajstić information content (AvgIpc) is 2.87. The van der Waals surface area contributed by atoms with Crippen molar-refractivity contribution in [3.05, 3.63) is 40.6 Å². The quantitative estimate of drug-likeness (QED) is 0.899. The average molecular weight is 320 g/mol. The van der Waals surface area contributed by atoms with Crippen molar-refractivity contribution in [1.29, 1.82) is 0 Å². The first-order chi connectivity index (χ1) is 10.4. The number of fused-ring (bicyclic) bond motifs is 1. The smallest absolute Gasteiger partial charge is 0.227 e. The summed E-state index contributed by atoms with van der Waals surface area (Å²) in [5, 5.41) is 10.7. The van der Waals surface area contributed by atoms with E-state index in [9.17, 15) is 9.90 Å². The van der Waals surface area contributed by atoms with Gasteiger partial charge in [0, 0.05) is 24.1 Å². The van der Waals surface area contributed by atoms with Crippen LogP contribution in [0, 0.1) is 0 Å². The molecular weight excluding hydrogens is 302 g/mol. The van der Waals surface area contributed by atoms with Crippen molar-refractivity contribution in [3.63, 3.8) is 0 Å². The molecule has 0 spiro atoms. The lowest BCUT2D eigenvalue weighted by Crippen LogP contribution is -2.38. The third kappa shape index (κ3) is 2.37. The minimum atomic E-state index is -0.866. The van der Waals surface area contributed by atoms with Crippen molar-refractivity contribution < 1.29 is 14.6 Å². The molecule has 1 N–H and O–H groups in total. The maximum Gasteiger partial charge on any atom is 0.227 e. The van der Waals surface area contributed by atoms with Crippen molar-refractivity contribution in [2.24, 2.45) is 0 Å². The molecule has 0 bridgehead atoms. The SMILES string of the molecule is CC1(C)Oc2ccc(C=CCl)cc2C(N2CCCC2=O)=C1O. The third-order valence-electron chi connectivity index (χ3n) is 4.02. The molecule has 1 aromatic rings. The van der Waals surface area contributed by atoms with Crippen LogP contribution in [0.5, 0.6) is 5.75 Å². The van der Waals surface area contributed by atoms with Crippen LogP contribution < -0.4 is 4.74 Å². The molecule has 0 radical (unpaired) electrons. The number of nitrogens with zero attached hydrogens (tertiary/aromatic N) is 1. The van der Waals surface area contributed by atoms with E-state index < -0.39 is 5.60 Å². The first-order valence-corrected chi connectivity index (χ1v) is 7.72. The van der Waals surface area contributed by atoms with E-state index in [2.05, 4.69) is 0 Å². The van der Waals surface area contributed by atoms with Crippen LogP contribution in [-0.2, 0) is 4.79 Å². The summed E-state index contributed by atoms with van der Waals surface area (Å²) in [4.78, 5) is 13.8. The Balaban J connectivity index is 2.19. The number of hydrogen-bond donors (Lipinski definition) is 1. The van der Waals surface area contributed by atoms with Gasteiger partial charge in [0.05, 0.1) is 5.70 Å². The second-order valence-electron chi connectivity index (χ2n) is 6.01. The highest BCUT2D eigenvalue weighted by atomic mass is 35.5. The number of halogens is 1. The molecule has 1 saturated heterocycles. The molecule has 0 aliphatic carbocycles. The molecule has 5 heteroatoms. The summed E-state index contributed by atoms with van der Waals surface area (Å²) < 4.78 is 5.89. The second kappa shape index (κ2) is 5.36. The molecule has 1 aromatic carbocycles. The highest BCUT2D eigenvalue weighted by molar-refractivity contribution is 6.27. The van der Waals surface area contributed by atoms with Crippen molar-refractivity contribution >= 4 is 29.3 Å². The summed E-state index contributed by atoms with van der Waals surface area (Å²) in [6, 6.07) is 5.61. The molecule has 1 amide bonds. The Morgan fingerprint density at radius 3 is 2.82 bits per heavy atom. The largest absolute Gasteiger partial charge is 0.506 e. The molecule has 2 aliphatic rings. The van der Waals surface area contributed by atoms with Crippen LogP contribution >= 0.6 is 11.6 Å². The molecule has 0 saturated carbocycles. The lowest BCUT2D eigenvalue weighted by atomic mass is 9.94. The molecule has 0 aromatic heterocycles. The minimum Gasteiger partial charge on any atom is -0.506 e. The summed E-state index contributed by atoms with van der Waals surface area (Å²) >= 11 is 5.64. The molecule has 116 valence electrons. The van der Waals surface area contributed by atoms with Crippen LogP contribution in [0.2, 0.25) is 0 Å². The van der Waals surface area contributed by atoms with Gasteiger partial charge in [-0.3, -0.25) is 4.79 Å². The van der Waals surface area contributed by atoms with Gasteiger partial charge in [-0.15, -0.1) is 0 Å². The number of aliphatic hydroxyl groups is 1. The summed E-state index contributed by atoms with van der Waals surface area (Å²) in [5.41, 5.74) is 2.72. The van der Waals surface area contributed by atoms with Gasteiger partial charge in [-0.1, -0.05) is 17.7 Å². The maximum absolute atomic E-state index is 12.2. The van der Waals surface area contributed by atoms with Crippen molar-refractivity contribution in [3.8, 4) is 5.75 Å². The summed E-state index contributed by atoms with van der Waals surface area (Å²) in [7, 11) is 0. The highest BCUT2D eigenvalue weighted by Gasteiger charge is 2.40. The van der Waals surface area contributed by atoms with Crippen molar-refractivity contribution in [2.75, 3.05) is 6.54 Å². The predicted molar refractivity (Wildman–Crippen MR) is 86.5 cm³/mol. The zero-order chi connectivity index (χ0) is 15.9. The van der Waals surface area contributed by atoms with Gasteiger partial charge in [-0.25, -0.2) is 0 Å². The minimum absolute atomic E-state index is 0.0310. The van der Waals surface area contributed by atoms with E-state index in [1.54, 1.807) is 24.8 Å². The molecule has 2 heterocycles. The number of carbonyl (C=O) groups excluding carboxylic acids is 1. The van der Waals surface area contributed by atoms with E-state index in [1.165, 1.54) is 5.54 Å². The number of rotatable bonds is 2. The summed E-state index contributed by atoms with van der Waals surface area (Å²) in [6.07, 6.45) is 3.06. The van der Waals surface area contributed by atoms with Gasteiger partial charge < -0.3 is 14.7 Å². The number of carbonyl (C=O) groups is 1. The highest BCUT2D eigenvalue weighted by Crippen LogP contribution is 2.43.